The van der Waals surface area contributed by atoms with E-state index >= 15 is 0 Å². The number of carbonyl (C=O) groups excluding carboxylic acids is 1. The number of aliphatic hydroxyl groups is 1. The summed E-state index contributed by atoms with van der Waals surface area (Å²) in [5, 5.41) is 10.3. The SMILES string of the molecule is CCCC/C(=C/C1=C(OC(C)C)C(C)(O)C1=O)c1ccccc1. The van der Waals surface area contributed by atoms with Gasteiger partial charge in [-0.25, -0.2) is 0 Å². The lowest BCUT2D eigenvalue weighted by Crippen LogP contribution is -2.49. The maximum atomic E-state index is 12.3. The molecule has 0 aromatic heterocycles. The Morgan fingerprint density at radius 3 is 2.52 bits per heavy atom. The van der Waals surface area contributed by atoms with Crippen molar-refractivity contribution in [2.45, 2.75) is 58.7 Å². The maximum absolute atomic E-state index is 12.3. The van der Waals surface area contributed by atoms with Gasteiger partial charge in [0.25, 0.3) is 0 Å². The van der Waals surface area contributed by atoms with Gasteiger partial charge in [-0.2, -0.15) is 0 Å². The van der Waals surface area contributed by atoms with Crippen LogP contribution in [0.15, 0.2) is 47.7 Å². The number of unbranched alkanes of at least 4 members (excludes halogenated alkanes) is 1. The summed E-state index contributed by atoms with van der Waals surface area (Å²) in [6.45, 7) is 7.43. The van der Waals surface area contributed by atoms with Crippen molar-refractivity contribution < 1.29 is 14.6 Å². The lowest BCUT2D eigenvalue weighted by molar-refractivity contribution is -0.138. The molecule has 1 aromatic rings. The minimum Gasteiger partial charge on any atom is -0.491 e. The van der Waals surface area contributed by atoms with E-state index < -0.39 is 5.60 Å². The van der Waals surface area contributed by atoms with Crippen molar-refractivity contribution in [1.82, 2.24) is 0 Å². The molecule has 1 aliphatic rings. The van der Waals surface area contributed by atoms with Crippen LogP contribution in [0, 0.1) is 0 Å². The fourth-order valence-corrected chi connectivity index (χ4v) is 2.71. The Bertz CT molecular complexity index is 622. The molecule has 3 heteroatoms. The zero-order valence-corrected chi connectivity index (χ0v) is 14.4. The number of Topliss-reactive ketones (excluding diaryl/α,β-unsaturated/α-hetero) is 1. The van der Waals surface area contributed by atoms with E-state index in [1.807, 2.05) is 50.3 Å². The molecule has 0 bridgehead atoms. The van der Waals surface area contributed by atoms with Gasteiger partial charge >= 0.3 is 0 Å². The van der Waals surface area contributed by atoms with E-state index in [2.05, 4.69) is 6.92 Å². The first-order chi connectivity index (χ1) is 10.9. The molecule has 0 aliphatic heterocycles. The minimum atomic E-state index is -1.50. The summed E-state index contributed by atoms with van der Waals surface area (Å²) in [5.41, 5.74) is 1.22. The smallest absolute Gasteiger partial charge is 0.205 e. The Morgan fingerprint density at radius 1 is 1.30 bits per heavy atom. The van der Waals surface area contributed by atoms with Crippen molar-refractivity contribution in [3.63, 3.8) is 0 Å². The molecular formula is C20H26O3. The van der Waals surface area contributed by atoms with E-state index in [4.69, 9.17) is 4.74 Å². The van der Waals surface area contributed by atoms with Gasteiger partial charge in [-0.1, -0.05) is 43.7 Å². The van der Waals surface area contributed by atoms with E-state index in [1.165, 1.54) is 6.92 Å². The van der Waals surface area contributed by atoms with E-state index in [0.29, 0.717) is 11.3 Å². The van der Waals surface area contributed by atoms with E-state index in [0.717, 1.165) is 30.4 Å². The molecule has 1 N–H and O–H groups in total. The van der Waals surface area contributed by atoms with Crippen molar-refractivity contribution in [1.29, 1.82) is 0 Å². The van der Waals surface area contributed by atoms with Gasteiger partial charge in [0.1, 0.15) is 5.76 Å². The molecule has 1 unspecified atom stereocenters. The minimum absolute atomic E-state index is 0.0798. The number of hydrogen-bond donors (Lipinski definition) is 1. The number of rotatable bonds is 7. The van der Waals surface area contributed by atoms with Crippen molar-refractivity contribution in [3.8, 4) is 0 Å². The maximum Gasteiger partial charge on any atom is 0.205 e. The first-order valence-corrected chi connectivity index (χ1v) is 8.32. The molecule has 0 spiro atoms. The second-order valence-corrected chi connectivity index (χ2v) is 6.45. The van der Waals surface area contributed by atoms with Crippen LogP contribution in [-0.4, -0.2) is 22.6 Å². The third-order valence-electron chi connectivity index (χ3n) is 3.99. The topological polar surface area (TPSA) is 46.5 Å². The Balaban J connectivity index is 2.42. The summed E-state index contributed by atoms with van der Waals surface area (Å²) in [7, 11) is 0. The Labute approximate surface area is 138 Å². The standard InChI is InChI=1S/C20H26O3/c1-5-6-10-16(15-11-8-7-9-12-15)13-17-18(21)20(4,22)19(17)23-14(2)3/h7-9,11-14,22H,5-6,10H2,1-4H3/b16-13-. The number of hydrogen-bond acceptors (Lipinski definition) is 3. The van der Waals surface area contributed by atoms with Crippen molar-refractivity contribution in [2.75, 3.05) is 0 Å². The average molecular weight is 314 g/mol. The molecule has 1 atom stereocenters. The van der Waals surface area contributed by atoms with Crippen molar-refractivity contribution in [2.24, 2.45) is 0 Å². The first kappa shape index (κ1) is 17.5. The second-order valence-electron chi connectivity index (χ2n) is 6.45. The van der Waals surface area contributed by atoms with Crippen LogP contribution in [0.1, 0.15) is 52.5 Å². The van der Waals surface area contributed by atoms with Crippen molar-refractivity contribution in [3.05, 3.63) is 53.3 Å². The van der Waals surface area contributed by atoms with E-state index in [-0.39, 0.29) is 11.9 Å². The zero-order chi connectivity index (χ0) is 17.0. The van der Waals surface area contributed by atoms with Gasteiger partial charge in [0.05, 0.1) is 11.7 Å². The molecular weight excluding hydrogens is 288 g/mol. The summed E-state index contributed by atoms with van der Waals surface area (Å²) < 4.78 is 5.69. The van der Waals surface area contributed by atoms with Crippen LogP contribution in [0.5, 0.6) is 0 Å². The number of ether oxygens (including phenoxy) is 1. The highest BCUT2D eigenvalue weighted by Gasteiger charge is 2.50. The van der Waals surface area contributed by atoms with Crippen molar-refractivity contribution >= 4 is 11.4 Å². The summed E-state index contributed by atoms with van der Waals surface area (Å²) in [5.74, 6) is 0.125. The molecule has 1 aromatic carbocycles. The lowest BCUT2D eigenvalue weighted by Gasteiger charge is -2.36. The van der Waals surface area contributed by atoms with E-state index in [9.17, 15) is 9.90 Å². The normalized spacial score (nSPS) is 21.7. The number of benzene rings is 1. The molecule has 0 fully saturated rings. The van der Waals surface area contributed by atoms with Crippen LogP contribution in [0.2, 0.25) is 0 Å². The number of allylic oxidation sites excluding steroid dienone is 2. The van der Waals surface area contributed by atoms with Gasteiger partial charge in [0.15, 0.2) is 5.60 Å². The summed E-state index contributed by atoms with van der Waals surface area (Å²) in [6, 6.07) is 10.1. The first-order valence-electron chi connectivity index (χ1n) is 8.32. The predicted molar refractivity (Wildman–Crippen MR) is 92.8 cm³/mol. The summed E-state index contributed by atoms with van der Waals surface area (Å²) >= 11 is 0. The molecule has 23 heavy (non-hydrogen) atoms. The lowest BCUT2D eigenvalue weighted by atomic mass is 9.77. The molecule has 2 rings (SSSR count). The van der Waals surface area contributed by atoms with E-state index in [1.54, 1.807) is 0 Å². The van der Waals surface area contributed by atoms with Gasteiger partial charge < -0.3 is 9.84 Å². The van der Waals surface area contributed by atoms with Crippen LogP contribution in [0.25, 0.3) is 5.57 Å². The molecule has 0 amide bonds. The molecule has 0 radical (unpaired) electrons. The highest BCUT2D eigenvalue weighted by molar-refractivity contribution is 6.14. The largest absolute Gasteiger partial charge is 0.491 e. The van der Waals surface area contributed by atoms with Gasteiger partial charge in [-0.15, -0.1) is 0 Å². The molecule has 124 valence electrons. The highest BCUT2D eigenvalue weighted by atomic mass is 16.5. The fourth-order valence-electron chi connectivity index (χ4n) is 2.71. The highest BCUT2D eigenvalue weighted by Crippen LogP contribution is 2.39. The Hall–Kier alpha value is -1.87. The number of carbonyl (C=O) groups is 1. The number of ketones is 1. The average Bonchev–Trinajstić information content (AvgIpc) is 2.54. The Morgan fingerprint density at radius 2 is 1.96 bits per heavy atom. The van der Waals surface area contributed by atoms with Crippen LogP contribution < -0.4 is 0 Å². The summed E-state index contributed by atoms with van der Waals surface area (Å²) in [4.78, 5) is 12.3. The fraction of sp³-hybridized carbons (Fsp3) is 0.450. The molecule has 0 heterocycles. The van der Waals surface area contributed by atoms with Gasteiger partial charge in [-0.3, -0.25) is 4.79 Å². The zero-order valence-electron chi connectivity index (χ0n) is 14.4. The summed E-state index contributed by atoms with van der Waals surface area (Å²) in [6.07, 6.45) is 4.85. The third-order valence-corrected chi connectivity index (χ3v) is 3.99. The van der Waals surface area contributed by atoms with Gasteiger partial charge in [0, 0.05) is 0 Å². The second kappa shape index (κ2) is 7.14. The van der Waals surface area contributed by atoms with Gasteiger partial charge in [0.2, 0.25) is 5.78 Å². The quantitative estimate of drug-likeness (QED) is 0.817. The molecule has 1 aliphatic carbocycles. The molecule has 3 nitrogen and oxygen atoms in total. The monoisotopic (exact) mass is 314 g/mol. The Kier molecular flexibility index (Phi) is 5.42. The van der Waals surface area contributed by atoms with Crippen LogP contribution in [0.3, 0.4) is 0 Å². The predicted octanol–water partition coefficient (Wildman–Crippen LogP) is 4.27. The van der Waals surface area contributed by atoms with Crippen LogP contribution in [0.4, 0.5) is 0 Å². The molecule has 0 saturated heterocycles. The van der Waals surface area contributed by atoms with Gasteiger partial charge in [-0.05, 0) is 50.8 Å². The molecule has 0 saturated carbocycles. The van der Waals surface area contributed by atoms with Crippen LogP contribution >= 0.6 is 0 Å². The third kappa shape index (κ3) is 3.73. The van der Waals surface area contributed by atoms with Crippen LogP contribution in [-0.2, 0) is 9.53 Å².